The van der Waals surface area contributed by atoms with Crippen molar-refractivity contribution in [2.75, 3.05) is 25.1 Å². The van der Waals surface area contributed by atoms with Crippen LogP contribution in [-0.2, 0) is 9.59 Å². The molecule has 2 amide bonds. The molecule has 0 radical (unpaired) electrons. The van der Waals surface area contributed by atoms with Gasteiger partial charge in [0.25, 0.3) is 0 Å². The minimum absolute atomic E-state index is 0.148. The summed E-state index contributed by atoms with van der Waals surface area (Å²) < 4.78 is 6.79. The first-order valence-electron chi connectivity index (χ1n) is 5.12. The van der Waals surface area contributed by atoms with Crippen molar-refractivity contribution in [2.45, 2.75) is 0 Å². The Morgan fingerprint density at radius 2 is 1.78 bits per heavy atom. The van der Waals surface area contributed by atoms with E-state index in [0.29, 0.717) is 5.75 Å². The number of amides is 2. The van der Waals surface area contributed by atoms with Crippen LogP contribution in [-0.4, -0.2) is 32.0 Å². The van der Waals surface area contributed by atoms with Crippen LogP contribution in [0.4, 0.5) is 5.69 Å². The molecule has 1 heterocycles. The van der Waals surface area contributed by atoms with E-state index in [1.54, 1.807) is 18.1 Å². The predicted molar refractivity (Wildman–Crippen MR) is 73.8 cm³/mol. The summed E-state index contributed by atoms with van der Waals surface area (Å²) in [5.41, 5.74) is 0.748. The Morgan fingerprint density at radius 3 is 2.33 bits per heavy atom. The van der Waals surface area contributed by atoms with E-state index in [1.165, 1.54) is 0 Å². The second kappa shape index (κ2) is 5.27. The lowest BCUT2D eigenvalue weighted by Crippen LogP contribution is -2.51. The van der Waals surface area contributed by atoms with Gasteiger partial charge in [0.1, 0.15) is 5.75 Å². The van der Waals surface area contributed by atoms with E-state index in [9.17, 15) is 9.59 Å². The van der Waals surface area contributed by atoms with Gasteiger partial charge in [-0.25, -0.2) is 0 Å². The standard InChI is InChI=1S/C11H10Br2N2O3/c1-18-9-3-8(6(12)2-7(9)13)15-4-10(16)14-11(17)5-15/h2-3H,4-5H2,1H3,(H,14,16,17). The van der Waals surface area contributed by atoms with Gasteiger partial charge in [0.15, 0.2) is 0 Å². The van der Waals surface area contributed by atoms with Crippen molar-refractivity contribution in [1.29, 1.82) is 0 Å². The predicted octanol–water partition coefficient (Wildman–Crippen LogP) is 1.68. The Kier molecular flexibility index (Phi) is 3.91. The van der Waals surface area contributed by atoms with Crippen LogP contribution in [0, 0.1) is 0 Å². The molecule has 1 saturated heterocycles. The van der Waals surface area contributed by atoms with E-state index < -0.39 is 0 Å². The molecule has 5 nitrogen and oxygen atoms in total. The summed E-state index contributed by atoms with van der Waals surface area (Å²) in [6.45, 7) is 0.296. The minimum atomic E-state index is -0.306. The Hall–Kier alpha value is -1.08. The highest BCUT2D eigenvalue weighted by atomic mass is 79.9. The number of carbonyl (C=O) groups excluding carboxylic acids is 2. The average molecular weight is 378 g/mol. The second-order valence-electron chi connectivity index (χ2n) is 3.77. The number of imide groups is 1. The van der Waals surface area contributed by atoms with Gasteiger partial charge in [0, 0.05) is 10.5 Å². The maximum absolute atomic E-state index is 11.4. The molecule has 1 fully saturated rings. The Balaban J connectivity index is 2.38. The highest BCUT2D eigenvalue weighted by molar-refractivity contribution is 9.11. The largest absolute Gasteiger partial charge is 0.495 e. The molecule has 0 atom stereocenters. The zero-order valence-electron chi connectivity index (χ0n) is 9.50. The van der Waals surface area contributed by atoms with Crippen LogP contribution < -0.4 is 15.0 Å². The molecule has 1 aliphatic rings. The molecule has 0 unspecified atom stereocenters. The lowest BCUT2D eigenvalue weighted by atomic mass is 10.2. The maximum Gasteiger partial charge on any atom is 0.246 e. The second-order valence-corrected chi connectivity index (χ2v) is 5.47. The molecule has 18 heavy (non-hydrogen) atoms. The lowest BCUT2D eigenvalue weighted by Gasteiger charge is -2.28. The van der Waals surface area contributed by atoms with Crippen LogP contribution in [0.3, 0.4) is 0 Å². The molecule has 1 aromatic carbocycles. The number of piperazine rings is 1. The van der Waals surface area contributed by atoms with E-state index in [2.05, 4.69) is 37.2 Å². The van der Waals surface area contributed by atoms with Crippen LogP contribution in [0.2, 0.25) is 0 Å². The molecule has 2 rings (SSSR count). The average Bonchev–Trinajstić information content (AvgIpc) is 2.27. The molecule has 96 valence electrons. The van der Waals surface area contributed by atoms with Gasteiger partial charge in [-0.2, -0.15) is 0 Å². The third kappa shape index (κ3) is 2.67. The van der Waals surface area contributed by atoms with Crippen molar-refractivity contribution in [3.05, 3.63) is 21.1 Å². The van der Waals surface area contributed by atoms with Gasteiger partial charge >= 0.3 is 0 Å². The zero-order valence-corrected chi connectivity index (χ0v) is 12.7. The minimum Gasteiger partial charge on any atom is -0.495 e. The number of hydrogen-bond acceptors (Lipinski definition) is 4. The Bertz CT molecular complexity index is 503. The van der Waals surface area contributed by atoms with Crippen molar-refractivity contribution in [3.8, 4) is 5.75 Å². The topological polar surface area (TPSA) is 58.6 Å². The quantitative estimate of drug-likeness (QED) is 0.796. The number of nitrogens with one attached hydrogen (secondary N) is 1. The normalized spacial score (nSPS) is 15.6. The number of anilines is 1. The number of benzene rings is 1. The molecule has 1 aliphatic heterocycles. The van der Waals surface area contributed by atoms with Gasteiger partial charge in [0.05, 0.1) is 30.4 Å². The number of hydrogen-bond donors (Lipinski definition) is 1. The number of nitrogens with zero attached hydrogens (tertiary/aromatic N) is 1. The smallest absolute Gasteiger partial charge is 0.246 e. The molecule has 0 aliphatic carbocycles. The molecule has 1 aromatic rings. The fourth-order valence-electron chi connectivity index (χ4n) is 1.72. The molecule has 1 N–H and O–H groups in total. The molecule has 0 bridgehead atoms. The van der Waals surface area contributed by atoms with Crippen LogP contribution in [0.15, 0.2) is 21.1 Å². The first-order valence-corrected chi connectivity index (χ1v) is 6.70. The number of methoxy groups -OCH3 is 1. The summed E-state index contributed by atoms with van der Waals surface area (Å²) in [5.74, 6) is 0.0340. The van der Waals surface area contributed by atoms with Crippen molar-refractivity contribution in [2.24, 2.45) is 0 Å². The number of rotatable bonds is 2. The lowest BCUT2D eigenvalue weighted by molar-refractivity contribution is -0.130. The SMILES string of the molecule is COc1cc(N2CC(=O)NC(=O)C2)c(Br)cc1Br. The zero-order chi connectivity index (χ0) is 13.3. The van der Waals surface area contributed by atoms with Gasteiger partial charge in [-0.1, -0.05) is 0 Å². The molecular weight excluding hydrogens is 368 g/mol. The van der Waals surface area contributed by atoms with E-state index in [0.717, 1.165) is 14.6 Å². The third-order valence-corrected chi connectivity index (χ3v) is 3.76. The van der Waals surface area contributed by atoms with Gasteiger partial charge in [-0.15, -0.1) is 0 Å². The van der Waals surface area contributed by atoms with Crippen molar-refractivity contribution >= 4 is 49.4 Å². The molecule has 0 spiro atoms. The van der Waals surface area contributed by atoms with E-state index >= 15 is 0 Å². The van der Waals surface area contributed by atoms with Gasteiger partial charge < -0.3 is 9.64 Å². The summed E-state index contributed by atoms with van der Waals surface area (Å²) in [7, 11) is 1.56. The Labute approximate surface area is 121 Å². The van der Waals surface area contributed by atoms with Crippen LogP contribution in [0.25, 0.3) is 0 Å². The van der Waals surface area contributed by atoms with Crippen LogP contribution in [0.5, 0.6) is 5.75 Å². The first kappa shape index (κ1) is 13.4. The fraction of sp³-hybridized carbons (Fsp3) is 0.273. The summed E-state index contributed by atoms with van der Waals surface area (Å²) in [6.07, 6.45) is 0. The number of halogens is 2. The van der Waals surface area contributed by atoms with Crippen molar-refractivity contribution in [1.82, 2.24) is 5.32 Å². The van der Waals surface area contributed by atoms with Crippen LogP contribution >= 0.6 is 31.9 Å². The van der Waals surface area contributed by atoms with E-state index in [1.807, 2.05) is 6.07 Å². The fourth-order valence-corrected chi connectivity index (χ4v) is 3.13. The van der Waals surface area contributed by atoms with Crippen molar-refractivity contribution in [3.63, 3.8) is 0 Å². The summed E-state index contributed by atoms with van der Waals surface area (Å²) in [5, 5.41) is 2.26. The van der Waals surface area contributed by atoms with Gasteiger partial charge in [-0.3, -0.25) is 14.9 Å². The number of carbonyl (C=O) groups is 2. The van der Waals surface area contributed by atoms with Crippen LogP contribution in [0.1, 0.15) is 0 Å². The molecule has 0 aromatic heterocycles. The van der Waals surface area contributed by atoms with Gasteiger partial charge in [0.2, 0.25) is 11.8 Å². The maximum atomic E-state index is 11.4. The molecule has 7 heteroatoms. The molecule has 0 saturated carbocycles. The van der Waals surface area contributed by atoms with Crippen molar-refractivity contribution < 1.29 is 14.3 Å². The third-order valence-electron chi connectivity index (χ3n) is 2.51. The first-order chi connectivity index (χ1) is 8.51. The summed E-state index contributed by atoms with van der Waals surface area (Å²) in [6, 6.07) is 3.60. The summed E-state index contributed by atoms with van der Waals surface area (Å²) >= 11 is 6.79. The Morgan fingerprint density at radius 1 is 1.17 bits per heavy atom. The van der Waals surface area contributed by atoms with E-state index in [4.69, 9.17) is 4.74 Å². The monoisotopic (exact) mass is 376 g/mol. The summed E-state index contributed by atoms with van der Waals surface area (Å²) in [4.78, 5) is 24.4. The highest BCUT2D eigenvalue weighted by Crippen LogP contribution is 2.36. The molecular formula is C11H10Br2N2O3. The van der Waals surface area contributed by atoms with E-state index in [-0.39, 0.29) is 24.9 Å². The highest BCUT2D eigenvalue weighted by Gasteiger charge is 2.24. The number of ether oxygens (including phenoxy) is 1. The van der Waals surface area contributed by atoms with Gasteiger partial charge in [-0.05, 0) is 37.9 Å².